The highest BCUT2D eigenvalue weighted by Gasteiger charge is 2.47. The van der Waals surface area contributed by atoms with Crippen LogP contribution in [-0.2, 0) is 4.79 Å². The highest BCUT2D eigenvalue weighted by atomic mass is 16.2. The number of nitrogens with zero attached hydrogens (tertiary/aromatic N) is 2. The van der Waals surface area contributed by atoms with Gasteiger partial charge in [0.1, 0.15) is 0 Å². The second kappa shape index (κ2) is 6.19. The topological polar surface area (TPSA) is 69.1 Å². The fourth-order valence-electron chi connectivity index (χ4n) is 4.48. The number of amides is 1. The molecule has 2 aliphatic heterocycles. The van der Waals surface area contributed by atoms with Crippen LogP contribution in [0.2, 0.25) is 0 Å². The number of carbonyl (C=O) groups excluding carboxylic acids is 1. The van der Waals surface area contributed by atoms with Crippen molar-refractivity contribution >= 4 is 22.5 Å². The lowest BCUT2D eigenvalue weighted by Crippen LogP contribution is -2.33. The van der Waals surface area contributed by atoms with Crippen LogP contribution >= 0.6 is 0 Å². The smallest absolute Gasteiger partial charge is 0.225 e. The molecule has 1 amide bonds. The van der Waals surface area contributed by atoms with Gasteiger partial charge in [-0.05, 0) is 43.9 Å². The lowest BCUT2D eigenvalue weighted by Gasteiger charge is -2.25. The van der Waals surface area contributed by atoms with Crippen molar-refractivity contribution in [3.63, 3.8) is 0 Å². The molecular weight excluding hydrogens is 336 g/mol. The van der Waals surface area contributed by atoms with Crippen molar-refractivity contribution < 1.29 is 4.79 Å². The van der Waals surface area contributed by atoms with Crippen molar-refractivity contribution in [1.82, 2.24) is 15.2 Å². The van der Waals surface area contributed by atoms with E-state index in [1.54, 1.807) is 6.20 Å². The number of fused-ring (bicyclic) bond motifs is 1. The van der Waals surface area contributed by atoms with Gasteiger partial charge in [0, 0.05) is 53.8 Å². The predicted octanol–water partition coefficient (Wildman–Crippen LogP) is 3.11. The molecule has 5 nitrogen and oxygen atoms in total. The first-order chi connectivity index (χ1) is 13.1. The summed E-state index contributed by atoms with van der Waals surface area (Å²) >= 11 is 0. The van der Waals surface area contributed by atoms with Crippen molar-refractivity contribution in [2.24, 2.45) is 11.3 Å². The van der Waals surface area contributed by atoms with Crippen LogP contribution in [0.15, 0.2) is 48.3 Å². The Bertz CT molecular complexity index is 962. The number of pyridine rings is 1. The second-order valence-electron chi connectivity index (χ2n) is 8.13. The maximum absolute atomic E-state index is 12.5. The average Bonchev–Trinajstić information content (AvgIpc) is 3.36. The number of rotatable bonds is 3. The van der Waals surface area contributed by atoms with E-state index in [-0.39, 0.29) is 11.3 Å². The van der Waals surface area contributed by atoms with Crippen LogP contribution in [0, 0.1) is 16.7 Å². The summed E-state index contributed by atoms with van der Waals surface area (Å²) in [6.07, 6.45) is 7.89. The quantitative estimate of drug-likeness (QED) is 0.827. The lowest BCUT2D eigenvalue weighted by atomic mass is 9.82. The Morgan fingerprint density at radius 3 is 3.00 bits per heavy atom. The highest BCUT2D eigenvalue weighted by Crippen LogP contribution is 2.44. The minimum Gasteiger partial charge on any atom is -0.388 e. The molecule has 1 atom stereocenters. The van der Waals surface area contributed by atoms with Crippen LogP contribution in [0.3, 0.4) is 0 Å². The van der Waals surface area contributed by atoms with Gasteiger partial charge in [-0.3, -0.25) is 9.78 Å². The van der Waals surface area contributed by atoms with Gasteiger partial charge in [-0.1, -0.05) is 18.2 Å². The Hall–Kier alpha value is -2.69. The summed E-state index contributed by atoms with van der Waals surface area (Å²) in [5, 5.41) is 13.1. The third-order valence-corrected chi connectivity index (χ3v) is 6.27. The maximum atomic E-state index is 12.5. The Labute approximate surface area is 159 Å². The van der Waals surface area contributed by atoms with Crippen molar-refractivity contribution in [2.45, 2.75) is 25.7 Å². The molecule has 1 aromatic heterocycles. The molecule has 1 spiro atoms. The number of aromatic nitrogens is 1. The van der Waals surface area contributed by atoms with E-state index >= 15 is 0 Å². The monoisotopic (exact) mass is 360 g/mol. The molecule has 2 N–H and O–H groups in total. The molecule has 1 aromatic carbocycles. The SMILES string of the molecule is N=C(/C=C1\NCCC12CCN(C(=O)C1CC1)C2)c1cnc2ccccc2c1. The van der Waals surface area contributed by atoms with Gasteiger partial charge in [-0.2, -0.15) is 0 Å². The van der Waals surface area contributed by atoms with Crippen LogP contribution in [-0.4, -0.2) is 41.1 Å². The fourth-order valence-corrected chi connectivity index (χ4v) is 4.48. The van der Waals surface area contributed by atoms with E-state index in [1.165, 1.54) is 0 Å². The molecule has 138 valence electrons. The van der Waals surface area contributed by atoms with Crippen LogP contribution in [0.5, 0.6) is 0 Å². The molecular formula is C22H24N4O. The van der Waals surface area contributed by atoms with E-state index < -0.39 is 0 Å². The first kappa shape index (κ1) is 16.5. The van der Waals surface area contributed by atoms with Gasteiger partial charge in [-0.25, -0.2) is 0 Å². The maximum Gasteiger partial charge on any atom is 0.225 e. The molecule has 0 radical (unpaired) electrons. The number of benzene rings is 1. The first-order valence-electron chi connectivity index (χ1n) is 9.83. The van der Waals surface area contributed by atoms with Crippen LogP contribution in [0.4, 0.5) is 0 Å². The number of hydrogen-bond donors (Lipinski definition) is 2. The number of carbonyl (C=O) groups is 1. The molecule has 0 bridgehead atoms. The summed E-state index contributed by atoms with van der Waals surface area (Å²) in [5.74, 6) is 0.621. The standard InChI is InChI=1S/C22H24N4O/c23-18(17-11-16-3-1-2-4-19(16)25-13-17)12-20-22(7-9-24-20)8-10-26(14-22)21(27)15-5-6-15/h1-4,11-13,15,23-24H,5-10,14H2/b20-12-,23-18?. The second-order valence-corrected chi connectivity index (χ2v) is 8.13. The van der Waals surface area contributed by atoms with E-state index in [2.05, 4.69) is 15.2 Å². The normalized spacial score (nSPS) is 26.1. The molecule has 3 fully saturated rings. The van der Waals surface area contributed by atoms with Gasteiger partial charge in [0.15, 0.2) is 0 Å². The summed E-state index contributed by atoms with van der Waals surface area (Å²) in [7, 11) is 0. The molecule has 1 aliphatic carbocycles. The predicted molar refractivity (Wildman–Crippen MR) is 106 cm³/mol. The zero-order valence-electron chi connectivity index (χ0n) is 15.4. The van der Waals surface area contributed by atoms with Crippen LogP contribution in [0.25, 0.3) is 10.9 Å². The van der Waals surface area contributed by atoms with E-state index in [0.717, 1.165) is 67.5 Å². The third-order valence-electron chi connectivity index (χ3n) is 6.27. The molecule has 2 aromatic rings. The Kier molecular flexibility index (Phi) is 3.78. The van der Waals surface area contributed by atoms with Crippen LogP contribution in [0.1, 0.15) is 31.2 Å². The number of para-hydroxylation sites is 1. The molecule has 3 heterocycles. The first-order valence-corrected chi connectivity index (χ1v) is 9.83. The number of nitrogens with one attached hydrogen (secondary N) is 2. The average molecular weight is 360 g/mol. The van der Waals surface area contributed by atoms with Gasteiger partial charge >= 0.3 is 0 Å². The van der Waals surface area contributed by atoms with Crippen molar-refractivity contribution in [1.29, 1.82) is 5.41 Å². The zero-order chi connectivity index (χ0) is 18.4. The van der Waals surface area contributed by atoms with Crippen molar-refractivity contribution in [3.05, 3.63) is 53.9 Å². The summed E-state index contributed by atoms with van der Waals surface area (Å²) in [5.41, 5.74) is 3.37. The molecule has 5 heteroatoms. The number of allylic oxidation sites excluding steroid dienone is 1. The summed E-state index contributed by atoms with van der Waals surface area (Å²) in [6, 6.07) is 10.0. The van der Waals surface area contributed by atoms with Gasteiger partial charge in [0.25, 0.3) is 0 Å². The fraction of sp³-hybridized carbons (Fsp3) is 0.409. The zero-order valence-corrected chi connectivity index (χ0v) is 15.4. The number of likely N-dealkylation sites (tertiary alicyclic amines) is 1. The van der Waals surface area contributed by atoms with E-state index in [1.807, 2.05) is 36.4 Å². The minimum atomic E-state index is 0.00112. The van der Waals surface area contributed by atoms with E-state index in [9.17, 15) is 4.79 Å². The molecule has 3 aliphatic rings. The lowest BCUT2D eigenvalue weighted by molar-refractivity contribution is -0.131. The summed E-state index contributed by atoms with van der Waals surface area (Å²) < 4.78 is 0. The van der Waals surface area contributed by atoms with Gasteiger partial charge in [0.2, 0.25) is 5.91 Å². The van der Waals surface area contributed by atoms with E-state index in [4.69, 9.17) is 5.41 Å². The Balaban J connectivity index is 1.39. The Morgan fingerprint density at radius 1 is 1.30 bits per heavy atom. The molecule has 27 heavy (non-hydrogen) atoms. The van der Waals surface area contributed by atoms with Crippen molar-refractivity contribution in [3.8, 4) is 0 Å². The minimum absolute atomic E-state index is 0.00112. The van der Waals surface area contributed by atoms with Gasteiger partial charge in [-0.15, -0.1) is 0 Å². The highest BCUT2D eigenvalue weighted by molar-refractivity contribution is 6.08. The number of hydrogen-bond acceptors (Lipinski definition) is 4. The largest absolute Gasteiger partial charge is 0.388 e. The van der Waals surface area contributed by atoms with E-state index in [0.29, 0.717) is 11.6 Å². The van der Waals surface area contributed by atoms with Crippen molar-refractivity contribution in [2.75, 3.05) is 19.6 Å². The molecule has 2 saturated heterocycles. The molecule has 5 rings (SSSR count). The Morgan fingerprint density at radius 2 is 2.15 bits per heavy atom. The summed E-state index contributed by atoms with van der Waals surface area (Å²) in [4.78, 5) is 19.0. The van der Waals surface area contributed by atoms with Crippen LogP contribution < -0.4 is 5.32 Å². The van der Waals surface area contributed by atoms with Gasteiger partial charge < -0.3 is 15.6 Å². The summed E-state index contributed by atoms with van der Waals surface area (Å²) in [6.45, 7) is 2.56. The third kappa shape index (κ3) is 2.91. The molecule has 1 saturated carbocycles. The van der Waals surface area contributed by atoms with Gasteiger partial charge in [0.05, 0.1) is 11.2 Å². The molecule has 1 unspecified atom stereocenters.